The van der Waals surface area contributed by atoms with Gasteiger partial charge in [0.1, 0.15) is 6.10 Å². The minimum Gasteiger partial charge on any atom is -0.381 e. The average Bonchev–Trinajstić information content (AvgIpc) is 2.15. The third kappa shape index (κ3) is 2.42. The van der Waals surface area contributed by atoms with E-state index < -0.39 is 6.10 Å². The van der Waals surface area contributed by atoms with Gasteiger partial charge in [-0.1, -0.05) is 43.7 Å². The molecular weight excluding hydrogens is 176 g/mol. The lowest BCUT2D eigenvalue weighted by molar-refractivity contribution is -0.130. The number of Topliss-reactive ketones (excluding diaryl/α,β-unsaturated/α-hetero) is 1. The maximum absolute atomic E-state index is 11.5. The van der Waals surface area contributed by atoms with Gasteiger partial charge in [0.05, 0.1) is 0 Å². The minimum absolute atomic E-state index is 0.129. The molecule has 76 valence electrons. The van der Waals surface area contributed by atoms with Crippen LogP contribution in [0, 0.1) is 12.8 Å². The van der Waals surface area contributed by atoms with E-state index in [0.29, 0.717) is 5.56 Å². The van der Waals surface area contributed by atoms with Crippen LogP contribution in [0.1, 0.15) is 31.1 Å². The summed E-state index contributed by atoms with van der Waals surface area (Å²) in [5.74, 6) is -0.263. The number of carbonyl (C=O) groups excluding carboxylic acids is 1. The summed E-state index contributed by atoms with van der Waals surface area (Å²) in [5, 5.41) is 9.73. The molecule has 0 amide bonds. The van der Waals surface area contributed by atoms with Gasteiger partial charge >= 0.3 is 0 Å². The van der Waals surface area contributed by atoms with Crippen molar-refractivity contribution in [3.05, 3.63) is 35.4 Å². The summed E-state index contributed by atoms with van der Waals surface area (Å²) < 4.78 is 0. The highest BCUT2D eigenvalue weighted by molar-refractivity contribution is 5.85. The number of aryl methyl sites for hydroxylation is 1. The van der Waals surface area contributed by atoms with E-state index in [-0.39, 0.29) is 11.7 Å². The van der Waals surface area contributed by atoms with Gasteiger partial charge in [-0.25, -0.2) is 0 Å². The Hall–Kier alpha value is -1.15. The number of ketones is 1. The van der Waals surface area contributed by atoms with Crippen molar-refractivity contribution in [2.24, 2.45) is 5.92 Å². The Labute approximate surface area is 84.6 Å². The summed E-state index contributed by atoms with van der Waals surface area (Å²) in [7, 11) is 0. The number of rotatable bonds is 3. The van der Waals surface area contributed by atoms with E-state index in [1.807, 2.05) is 25.1 Å². The largest absolute Gasteiger partial charge is 0.381 e. The molecule has 0 saturated heterocycles. The number of benzene rings is 1. The summed E-state index contributed by atoms with van der Waals surface area (Å²) in [6.07, 6.45) is -0.977. The molecule has 0 radical (unpaired) electrons. The molecule has 0 heterocycles. The third-order valence-electron chi connectivity index (χ3n) is 2.20. The quantitative estimate of drug-likeness (QED) is 0.797. The molecule has 0 fully saturated rings. The molecule has 0 aromatic heterocycles. The molecule has 1 aromatic rings. The van der Waals surface area contributed by atoms with E-state index in [1.54, 1.807) is 19.9 Å². The predicted octanol–water partition coefficient (Wildman–Crippen LogP) is 2.25. The third-order valence-corrected chi connectivity index (χ3v) is 2.20. The average molecular weight is 192 g/mol. The molecule has 0 aliphatic carbocycles. The van der Waals surface area contributed by atoms with Crippen LogP contribution >= 0.6 is 0 Å². The summed E-state index contributed by atoms with van der Waals surface area (Å²) in [6.45, 7) is 5.53. The highest BCUT2D eigenvalue weighted by atomic mass is 16.3. The summed E-state index contributed by atoms with van der Waals surface area (Å²) >= 11 is 0. The molecule has 0 bridgehead atoms. The molecule has 0 aliphatic rings. The van der Waals surface area contributed by atoms with Crippen LogP contribution in [0.5, 0.6) is 0 Å². The Kier molecular flexibility index (Phi) is 3.42. The first-order valence-electron chi connectivity index (χ1n) is 4.80. The lowest BCUT2D eigenvalue weighted by Gasteiger charge is -2.12. The highest BCUT2D eigenvalue weighted by Gasteiger charge is 2.19. The molecule has 1 N–H and O–H groups in total. The van der Waals surface area contributed by atoms with Crippen LogP contribution in [-0.2, 0) is 4.79 Å². The fraction of sp³-hybridized carbons (Fsp3) is 0.417. The van der Waals surface area contributed by atoms with Crippen LogP contribution < -0.4 is 0 Å². The number of carbonyl (C=O) groups is 1. The van der Waals surface area contributed by atoms with E-state index in [0.717, 1.165) is 5.56 Å². The van der Waals surface area contributed by atoms with Gasteiger partial charge in [0.2, 0.25) is 0 Å². The fourth-order valence-electron chi connectivity index (χ4n) is 1.32. The maximum Gasteiger partial charge on any atom is 0.168 e. The van der Waals surface area contributed by atoms with E-state index in [2.05, 4.69) is 0 Å². The van der Waals surface area contributed by atoms with Crippen LogP contribution in [-0.4, -0.2) is 10.9 Å². The standard InChI is InChI=1S/C12H16O2/c1-8(2)11(13)12(14)10-6-4-5-9(3)7-10/h4-8,12,14H,1-3H3/t12-/m0/s1. The second-order valence-electron chi connectivity index (χ2n) is 3.87. The molecule has 1 rings (SSSR count). The van der Waals surface area contributed by atoms with Gasteiger partial charge in [-0.2, -0.15) is 0 Å². The van der Waals surface area contributed by atoms with Gasteiger partial charge in [-0.05, 0) is 12.5 Å². The Morgan fingerprint density at radius 1 is 1.36 bits per heavy atom. The summed E-state index contributed by atoms with van der Waals surface area (Å²) in [6, 6.07) is 7.40. The molecule has 1 aromatic carbocycles. The van der Waals surface area contributed by atoms with Crippen molar-refractivity contribution in [3.63, 3.8) is 0 Å². The lowest BCUT2D eigenvalue weighted by Crippen LogP contribution is -2.17. The van der Waals surface area contributed by atoms with E-state index in [1.165, 1.54) is 0 Å². The number of aliphatic hydroxyl groups excluding tert-OH is 1. The monoisotopic (exact) mass is 192 g/mol. The zero-order valence-electron chi connectivity index (χ0n) is 8.82. The Morgan fingerprint density at radius 3 is 2.50 bits per heavy atom. The van der Waals surface area contributed by atoms with Crippen molar-refractivity contribution in [1.29, 1.82) is 0 Å². The molecule has 2 heteroatoms. The first-order chi connectivity index (χ1) is 6.52. The van der Waals surface area contributed by atoms with Gasteiger partial charge in [-0.3, -0.25) is 4.79 Å². The van der Waals surface area contributed by atoms with Crippen LogP contribution in [0.25, 0.3) is 0 Å². The zero-order chi connectivity index (χ0) is 10.7. The lowest BCUT2D eigenvalue weighted by atomic mass is 9.97. The van der Waals surface area contributed by atoms with E-state index >= 15 is 0 Å². The molecule has 2 nitrogen and oxygen atoms in total. The topological polar surface area (TPSA) is 37.3 Å². The van der Waals surface area contributed by atoms with Gasteiger partial charge in [0.15, 0.2) is 5.78 Å². The molecule has 0 aliphatic heterocycles. The number of hydrogen-bond donors (Lipinski definition) is 1. The Balaban J connectivity index is 2.89. The Bertz CT molecular complexity index is 329. The van der Waals surface area contributed by atoms with Gasteiger partial charge < -0.3 is 5.11 Å². The van der Waals surface area contributed by atoms with Crippen molar-refractivity contribution in [2.45, 2.75) is 26.9 Å². The molecule has 0 spiro atoms. The first kappa shape index (κ1) is 10.9. The van der Waals surface area contributed by atoms with E-state index in [4.69, 9.17) is 0 Å². The van der Waals surface area contributed by atoms with Gasteiger partial charge in [-0.15, -0.1) is 0 Å². The van der Waals surface area contributed by atoms with Crippen LogP contribution in [0.2, 0.25) is 0 Å². The molecule has 1 atom stereocenters. The van der Waals surface area contributed by atoms with Gasteiger partial charge in [0, 0.05) is 5.92 Å². The van der Waals surface area contributed by atoms with Crippen molar-refractivity contribution >= 4 is 5.78 Å². The van der Waals surface area contributed by atoms with E-state index in [9.17, 15) is 9.90 Å². The first-order valence-corrected chi connectivity index (χ1v) is 4.80. The van der Waals surface area contributed by atoms with Crippen LogP contribution in [0.3, 0.4) is 0 Å². The second kappa shape index (κ2) is 4.38. The van der Waals surface area contributed by atoms with Crippen LogP contribution in [0.4, 0.5) is 0 Å². The minimum atomic E-state index is -0.977. The fourth-order valence-corrected chi connectivity index (χ4v) is 1.32. The second-order valence-corrected chi connectivity index (χ2v) is 3.87. The maximum atomic E-state index is 11.5. The molecule has 0 saturated carbocycles. The number of aliphatic hydroxyl groups is 1. The normalized spacial score (nSPS) is 12.9. The molecule has 0 unspecified atom stereocenters. The van der Waals surface area contributed by atoms with Crippen molar-refractivity contribution < 1.29 is 9.90 Å². The highest BCUT2D eigenvalue weighted by Crippen LogP contribution is 2.18. The molecular formula is C12H16O2. The number of hydrogen-bond acceptors (Lipinski definition) is 2. The van der Waals surface area contributed by atoms with Crippen molar-refractivity contribution in [1.82, 2.24) is 0 Å². The van der Waals surface area contributed by atoms with Crippen molar-refractivity contribution in [3.8, 4) is 0 Å². The summed E-state index contributed by atoms with van der Waals surface area (Å²) in [4.78, 5) is 11.5. The SMILES string of the molecule is Cc1cccc([C@H](O)C(=O)C(C)C)c1. The zero-order valence-corrected chi connectivity index (χ0v) is 8.82. The van der Waals surface area contributed by atoms with Gasteiger partial charge in [0.25, 0.3) is 0 Å². The smallest absolute Gasteiger partial charge is 0.168 e. The van der Waals surface area contributed by atoms with Crippen LogP contribution in [0.15, 0.2) is 24.3 Å². The Morgan fingerprint density at radius 2 is 2.00 bits per heavy atom. The predicted molar refractivity (Wildman–Crippen MR) is 56.0 cm³/mol. The molecule has 14 heavy (non-hydrogen) atoms. The summed E-state index contributed by atoms with van der Waals surface area (Å²) in [5.41, 5.74) is 1.74. The van der Waals surface area contributed by atoms with Crippen molar-refractivity contribution in [2.75, 3.05) is 0 Å².